The fraction of sp³-hybridized carbons (Fsp3) is 0.320. The van der Waals surface area contributed by atoms with Crippen molar-refractivity contribution >= 4 is 5.91 Å². The van der Waals surface area contributed by atoms with Crippen LogP contribution in [0.3, 0.4) is 0 Å². The first kappa shape index (κ1) is 21.0. The summed E-state index contributed by atoms with van der Waals surface area (Å²) in [5, 5.41) is 3.35. The van der Waals surface area contributed by atoms with Crippen LogP contribution in [0.5, 0.6) is 5.75 Å². The van der Waals surface area contributed by atoms with E-state index < -0.39 is 0 Å². The third-order valence-corrected chi connectivity index (χ3v) is 5.56. The number of aromatic nitrogens is 2. The highest BCUT2D eigenvalue weighted by molar-refractivity contribution is 5.80. The maximum atomic E-state index is 13.7. The van der Waals surface area contributed by atoms with Crippen molar-refractivity contribution in [2.75, 3.05) is 26.2 Å². The third kappa shape index (κ3) is 5.47. The number of hydrogen-bond donors (Lipinski definition) is 1. The predicted molar refractivity (Wildman–Crippen MR) is 120 cm³/mol. The first-order valence-electron chi connectivity index (χ1n) is 10.8. The SMILES string of the molecule is O=C(C1CCNCC1)N(CCOc1ccccc1)C(c1ccccn1)c1ccccn1. The van der Waals surface area contributed by atoms with E-state index in [1.807, 2.05) is 71.6 Å². The average molecular weight is 417 g/mol. The Labute approximate surface area is 183 Å². The lowest BCUT2D eigenvalue weighted by atomic mass is 9.94. The Balaban J connectivity index is 1.63. The first-order chi connectivity index (χ1) is 15.3. The zero-order chi connectivity index (χ0) is 21.3. The van der Waals surface area contributed by atoms with E-state index in [-0.39, 0.29) is 17.9 Å². The molecule has 1 fully saturated rings. The number of ether oxygens (including phenoxy) is 1. The molecule has 0 aliphatic carbocycles. The fourth-order valence-corrected chi connectivity index (χ4v) is 3.99. The van der Waals surface area contributed by atoms with Crippen LogP contribution in [0.4, 0.5) is 0 Å². The van der Waals surface area contributed by atoms with Gasteiger partial charge in [0.15, 0.2) is 0 Å². The molecule has 6 nitrogen and oxygen atoms in total. The van der Waals surface area contributed by atoms with Gasteiger partial charge in [0, 0.05) is 18.3 Å². The van der Waals surface area contributed by atoms with Crippen LogP contribution < -0.4 is 10.1 Å². The molecular weight excluding hydrogens is 388 g/mol. The molecule has 0 atom stereocenters. The Hall–Kier alpha value is -3.25. The molecule has 1 aliphatic rings. The minimum Gasteiger partial charge on any atom is -0.492 e. The largest absolute Gasteiger partial charge is 0.492 e. The summed E-state index contributed by atoms with van der Waals surface area (Å²) >= 11 is 0. The topological polar surface area (TPSA) is 67.4 Å². The summed E-state index contributed by atoms with van der Waals surface area (Å²) in [6.07, 6.45) is 5.20. The molecule has 2 aromatic heterocycles. The third-order valence-electron chi connectivity index (χ3n) is 5.56. The molecule has 0 spiro atoms. The molecular formula is C25H28N4O2. The van der Waals surface area contributed by atoms with Crippen molar-refractivity contribution in [3.05, 3.63) is 90.5 Å². The van der Waals surface area contributed by atoms with Gasteiger partial charge in [0.1, 0.15) is 18.4 Å². The van der Waals surface area contributed by atoms with Crippen molar-refractivity contribution in [1.29, 1.82) is 0 Å². The molecule has 3 aromatic rings. The van der Waals surface area contributed by atoms with Crippen LogP contribution in [0.25, 0.3) is 0 Å². The minimum absolute atomic E-state index is 0.00657. The summed E-state index contributed by atoms with van der Waals surface area (Å²) in [4.78, 5) is 24.8. The number of carbonyl (C=O) groups excluding carboxylic acids is 1. The molecule has 1 amide bonds. The molecule has 0 radical (unpaired) electrons. The zero-order valence-corrected chi connectivity index (χ0v) is 17.6. The average Bonchev–Trinajstić information content (AvgIpc) is 2.85. The second-order valence-electron chi connectivity index (χ2n) is 7.63. The van der Waals surface area contributed by atoms with Crippen LogP contribution >= 0.6 is 0 Å². The van der Waals surface area contributed by atoms with Crippen LogP contribution in [0.15, 0.2) is 79.1 Å². The van der Waals surface area contributed by atoms with Crippen LogP contribution in [0.2, 0.25) is 0 Å². The van der Waals surface area contributed by atoms with E-state index in [0.717, 1.165) is 43.1 Å². The Morgan fingerprint density at radius 1 is 0.935 bits per heavy atom. The summed E-state index contributed by atoms with van der Waals surface area (Å²) in [6.45, 7) is 2.58. The van der Waals surface area contributed by atoms with Gasteiger partial charge in [0.05, 0.1) is 17.9 Å². The monoisotopic (exact) mass is 416 g/mol. The standard InChI is InChI=1S/C25H28N4O2/c30-25(20-12-16-26-17-13-20)29(18-19-31-21-8-2-1-3-9-21)24(22-10-4-6-14-27-22)23-11-5-7-15-28-23/h1-11,14-15,20,24,26H,12-13,16-19H2. The van der Waals surface area contributed by atoms with Gasteiger partial charge in [-0.15, -0.1) is 0 Å². The quantitative estimate of drug-likeness (QED) is 0.609. The highest BCUT2D eigenvalue weighted by Crippen LogP contribution is 2.29. The van der Waals surface area contributed by atoms with Crippen molar-refractivity contribution in [1.82, 2.24) is 20.2 Å². The molecule has 1 aromatic carbocycles. The summed E-state index contributed by atoms with van der Waals surface area (Å²) in [5.74, 6) is 0.927. The highest BCUT2D eigenvalue weighted by Gasteiger charge is 2.33. The maximum absolute atomic E-state index is 13.7. The molecule has 3 heterocycles. The summed E-state index contributed by atoms with van der Waals surface area (Å²) in [5.41, 5.74) is 1.62. The summed E-state index contributed by atoms with van der Waals surface area (Å²) in [7, 11) is 0. The second kappa shape index (κ2) is 10.7. The van der Waals surface area contributed by atoms with Gasteiger partial charge in [-0.25, -0.2) is 0 Å². The van der Waals surface area contributed by atoms with Crippen molar-refractivity contribution in [2.24, 2.45) is 5.92 Å². The van der Waals surface area contributed by atoms with Gasteiger partial charge in [-0.2, -0.15) is 0 Å². The second-order valence-corrected chi connectivity index (χ2v) is 7.63. The Kier molecular flexibility index (Phi) is 7.24. The predicted octanol–water partition coefficient (Wildman–Crippen LogP) is 3.47. The van der Waals surface area contributed by atoms with E-state index in [9.17, 15) is 4.79 Å². The van der Waals surface area contributed by atoms with Gasteiger partial charge in [0.25, 0.3) is 0 Å². The lowest BCUT2D eigenvalue weighted by molar-refractivity contribution is -0.138. The molecule has 0 unspecified atom stereocenters. The number of hydrogen-bond acceptors (Lipinski definition) is 5. The lowest BCUT2D eigenvalue weighted by Crippen LogP contribution is -2.45. The number of carbonyl (C=O) groups is 1. The molecule has 1 saturated heterocycles. The summed E-state index contributed by atoms with van der Waals surface area (Å²) < 4.78 is 5.95. The number of amides is 1. The van der Waals surface area contributed by atoms with Gasteiger partial charge in [0.2, 0.25) is 5.91 Å². The van der Waals surface area contributed by atoms with E-state index in [4.69, 9.17) is 4.74 Å². The van der Waals surface area contributed by atoms with Gasteiger partial charge in [-0.1, -0.05) is 30.3 Å². The van der Waals surface area contributed by atoms with Crippen molar-refractivity contribution < 1.29 is 9.53 Å². The number of rotatable bonds is 8. The Morgan fingerprint density at radius 3 is 2.13 bits per heavy atom. The molecule has 6 heteroatoms. The van der Waals surface area contributed by atoms with E-state index >= 15 is 0 Å². The van der Waals surface area contributed by atoms with Crippen LogP contribution in [0, 0.1) is 5.92 Å². The minimum atomic E-state index is -0.357. The fourth-order valence-electron chi connectivity index (χ4n) is 3.99. The molecule has 0 saturated carbocycles. The molecule has 1 N–H and O–H groups in total. The van der Waals surface area contributed by atoms with Gasteiger partial charge in [-0.3, -0.25) is 14.8 Å². The number of pyridine rings is 2. The molecule has 160 valence electrons. The number of para-hydroxylation sites is 1. The van der Waals surface area contributed by atoms with Gasteiger partial charge in [-0.05, 0) is 62.3 Å². The number of benzene rings is 1. The molecule has 31 heavy (non-hydrogen) atoms. The van der Waals surface area contributed by atoms with Gasteiger partial charge >= 0.3 is 0 Å². The number of piperidine rings is 1. The van der Waals surface area contributed by atoms with Crippen molar-refractivity contribution in [3.63, 3.8) is 0 Å². The van der Waals surface area contributed by atoms with E-state index in [1.165, 1.54) is 0 Å². The molecule has 1 aliphatic heterocycles. The number of nitrogens with one attached hydrogen (secondary N) is 1. The Bertz CT molecular complexity index is 892. The van der Waals surface area contributed by atoms with E-state index in [1.54, 1.807) is 12.4 Å². The molecule has 4 rings (SSSR count). The van der Waals surface area contributed by atoms with Crippen LogP contribution in [-0.4, -0.2) is 47.0 Å². The smallest absolute Gasteiger partial charge is 0.226 e. The maximum Gasteiger partial charge on any atom is 0.226 e. The molecule has 0 bridgehead atoms. The lowest BCUT2D eigenvalue weighted by Gasteiger charge is -2.35. The highest BCUT2D eigenvalue weighted by atomic mass is 16.5. The normalized spacial score (nSPS) is 14.4. The van der Waals surface area contributed by atoms with E-state index in [2.05, 4.69) is 15.3 Å². The number of nitrogens with zero attached hydrogens (tertiary/aromatic N) is 3. The van der Waals surface area contributed by atoms with E-state index in [0.29, 0.717) is 13.2 Å². The van der Waals surface area contributed by atoms with Gasteiger partial charge < -0.3 is 15.0 Å². The first-order valence-corrected chi connectivity index (χ1v) is 10.8. The van der Waals surface area contributed by atoms with Crippen molar-refractivity contribution in [2.45, 2.75) is 18.9 Å². The zero-order valence-electron chi connectivity index (χ0n) is 17.6. The van der Waals surface area contributed by atoms with Crippen LogP contribution in [-0.2, 0) is 4.79 Å². The van der Waals surface area contributed by atoms with Crippen molar-refractivity contribution in [3.8, 4) is 5.75 Å². The summed E-state index contributed by atoms with van der Waals surface area (Å²) in [6, 6.07) is 20.9. The Morgan fingerprint density at radius 2 is 1.55 bits per heavy atom. The van der Waals surface area contributed by atoms with Crippen LogP contribution in [0.1, 0.15) is 30.3 Å².